The third-order valence-electron chi connectivity index (χ3n) is 4.12. The van der Waals surface area contributed by atoms with Crippen LogP contribution < -0.4 is 5.32 Å². The van der Waals surface area contributed by atoms with Crippen LogP contribution in [0.15, 0.2) is 0 Å². The molecular weight excluding hydrogens is 212 g/mol. The molecule has 0 aromatic rings. The molecule has 17 heavy (non-hydrogen) atoms. The lowest BCUT2D eigenvalue weighted by Crippen LogP contribution is -2.46. The molecule has 0 amide bonds. The predicted molar refractivity (Wildman–Crippen MR) is 73.5 cm³/mol. The lowest BCUT2D eigenvalue weighted by molar-refractivity contribution is -0.00507. The summed E-state index contributed by atoms with van der Waals surface area (Å²) < 4.78 is 5.47. The summed E-state index contributed by atoms with van der Waals surface area (Å²) in [4.78, 5) is 2.59. The third kappa shape index (κ3) is 5.36. The highest BCUT2D eigenvalue weighted by Crippen LogP contribution is 2.13. The van der Waals surface area contributed by atoms with E-state index in [1.54, 1.807) is 7.11 Å². The number of hydrogen-bond donors (Lipinski definition) is 1. The first-order valence-electron chi connectivity index (χ1n) is 7.07. The minimum atomic E-state index is -0.0782. The first-order valence-corrected chi connectivity index (χ1v) is 7.07. The topological polar surface area (TPSA) is 24.5 Å². The van der Waals surface area contributed by atoms with Crippen LogP contribution in [0.1, 0.15) is 46.5 Å². The normalized spacial score (nSPS) is 20.5. The highest BCUT2D eigenvalue weighted by Gasteiger charge is 2.24. The second-order valence-electron chi connectivity index (χ2n) is 5.74. The molecule has 1 saturated heterocycles. The van der Waals surface area contributed by atoms with Gasteiger partial charge in [-0.15, -0.1) is 0 Å². The number of nitrogens with zero attached hydrogens (tertiary/aromatic N) is 1. The van der Waals surface area contributed by atoms with Crippen LogP contribution in [-0.2, 0) is 4.74 Å². The summed E-state index contributed by atoms with van der Waals surface area (Å²) in [5.74, 6) is 0. The predicted octanol–water partition coefficient (Wildman–Crippen LogP) is 2.27. The van der Waals surface area contributed by atoms with E-state index in [9.17, 15) is 0 Å². The third-order valence-corrected chi connectivity index (χ3v) is 4.12. The van der Waals surface area contributed by atoms with Crippen molar-refractivity contribution in [2.75, 3.05) is 33.3 Å². The van der Waals surface area contributed by atoms with Crippen LogP contribution in [0.5, 0.6) is 0 Å². The van der Waals surface area contributed by atoms with E-state index in [4.69, 9.17) is 4.74 Å². The average Bonchev–Trinajstić information content (AvgIpc) is 2.35. The number of piperidine rings is 1. The number of rotatable bonds is 7. The molecule has 102 valence electrons. The molecule has 1 aliphatic rings. The minimum absolute atomic E-state index is 0.0782. The van der Waals surface area contributed by atoms with Gasteiger partial charge in [-0.3, -0.25) is 0 Å². The number of hydrogen-bond acceptors (Lipinski definition) is 3. The first kappa shape index (κ1) is 14.9. The fraction of sp³-hybridized carbons (Fsp3) is 1.00. The van der Waals surface area contributed by atoms with E-state index in [1.807, 2.05) is 0 Å². The molecule has 1 aliphatic heterocycles. The van der Waals surface area contributed by atoms with Gasteiger partial charge in [0.1, 0.15) is 0 Å². The van der Waals surface area contributed by atoms with Crippen molar-refractivity contribution in [2.45, 2.75) is 58.1 Å². The summed E-state index contributed by atoms with van der Waals surface area (Å²) in [6.45, 7) is 11.4. The summed E-state index contributed by atoms with van der Waals surface area (Å²) in [7, 11) is 1.78. The average molecular weight is 242 g/mol. The molecule has 0 aromatic carbocycles. The Labute approximate surface area is 107 Å². The zero-order valence-corrected chi connectivity index (χ0v) is 12.1. The van der Waals surface area contributed by atoms with E-state index in [0.29, 0.717) is 6.04 Å². The Bertz CT molecular complexity index is 200. The van der Waals surface area contributed by atoms with Crippen LogP contribution in [0.2, 0.25) is 0 Å². The molecular formula is C14H30N2O. The van der Waals surface area contributed by atoms with Gasteiger partial charge < -0.3 is 15.0 Å². The van der Waals surface area contributed by atoms with Crippen LogP contribution in [0, 0.1) is 0 Å². The van der Waals surface area contributed by atoms with E-state index in [-0.39, 0.29) is 5.60 Å². The van der Waals surface area contributed by atoms with Gasteiger partial charge in [-0.1, -0.05) is 6.42 Å². The van der Waals surface area contributed by atoms with Crippen molar-refractivity contribution in [1.29, 1.82) is 0 Å². The highest BCUT2D eigenvalue weighted by molar-refractivity contribution is 4.81. The highest BCUT2D eigenvalue weighted by atomic mass is 16.5. The van der Waals surface area contributed by atoms with Gasteiger partial charge in [-0.25, -0.2) is 0 Å². The summed E-state index contributed by atoms with van der Waals surface area (Å²) in [5.41, 5.74) is -0.0782. The quantitative estimate of drug-likeness (QED) is 0.693. The SMILES string of the molecule is COC(C)(C)C(C)NCCCN1CCCCC1. The lowest BCUT2D eigenvalue weighted by Gasteiger charge is -2.31. The smallest absolute Gasteiger partial charge is 0.0772 e. The molecule has 0 bridgehead atoms. The molecule has 1 rings (SSSR count). The van der Waals surface area contributed by atoms with Gasteiger partial charge >= 0.3 is 0 Å². The van der Waals surface area contributed by atoms with Gasteiger partial charge in [0.25, 0.3) is 0 Å². The van der Waals surface area contributed by atoms with Crippen LogP contribution in [0.3, 0.4) is 0 Å². The molecule has 1 unspecified atom stereocenters. The molecule has 0 aromatic heterocycles. The zero-order valence-electron chi connectivity index (χ0n) is 12.1. The molecule has 0 radical (unpaired) electrons. The molecule has 1 fully saturated rings. The standard InChI is InChI=1S/C14H30N2O/c1-13(14(2,3)17-4)15-9-8-12-16-10-6-5-7-11-16/h13,15H,5-12H2,1-4H3. The number of ether oxygens (including phenoxy) is 1. The fourth-order valence-electron chi connectivity index (χ4n) is 2.23. The molecule has 1 N–H and O–H groups in total. The maximum absolute atomic E-state index is 5.47. The van der Waals surface area contributed by atoms with Crippen molar-refractivity contribution < 1.29 is 4.74 Å². The van der Waals surface area contributed by atoms with Gasteiger partial charge in [0.05, 0.1) is 5.60 Å². The maximum atomic E-state index is 5.47. The lowest BCUT2D eigenvalue weighted by atomic mass is 10.0. The number of nitrogens with one attached hydrogen (secondary N) is 1. The largest absolute Gasteiger partial charge is 0.377 e. The maximum Gasteiger partial charge on any atom is 0.0772 e. The van der Waals surface area contributed by atoms with Crippen molar-refractivity contribution in [3.05, 3.63) is 0 Å². The Hall–Kier alpha value is -0.120. The monoisotopic (exact) mass is 242 g/mol. The molecule has 0 spiro atoms. The Morgan fingerprint density at radius 1 is 1.24 bits per heavy atom. The van der Waals surface area contributed by atoms with Crippen molar-refractivity contribution in [1.82, 2.24) is 10.2 Å². The van der Waals surface area contributed by atoms with Crippen molar-refractivity contribution in [3.63, 3.8) is 0 Å². The zero-order chi connectivity index (χ0) is 12.7. The van der Waals surface area contributed by atoms with Crippen LogP contribution in [0.4, 0.5) is 0 Å². The van der Waals surface area contributed by atoms with E-state index < -0.39 is 0 Å². The second kappa shape index (κ2) is 7.34. The van der Waals surface area contributed by atoms with Crippen molar-refractivity contribution in [3.8, 4) is 0 Å². The van der Waals surface area contributed by atoms with Gasteiger partial charge in [-0.05, 0) is 66.2 Å². The Kier molecular flexibility index (Phi) is 6.45. The van der Waals surface area contributed by atoms with Gasteiger partial charge in [0, 0.05) is 13.2 Å². The van der Waals surface area contributed by atoms with Crippen molar-refractivity contribution >= 4 is 0 Å². The summed E-state index contributed by atoms with van der Waals surface area (Å²) in [5, 5.41) is 3.56. The Balaban J connectivity index is 2.07. The fourth-order valence-corrected chi connectivity index (χ4v) is 2.23. The Morgan fingerprint density at radius 3 is 2.47 bits per heavy atom. The van der Waals surface area contributed by atoms with Crippen LogP contribution in [0.25, 0.3) is 0 Å². The van der Waals surface area contributed by atoms with E-state index in [0.717, 1.165) is 6.54 Å². The van der Waals surface area contributed by atoms with Gasteiger partial charge in [0.15, 0.2) is 0 Å². The van der Waals surface area contributed by atoms with E-state index >= 15 is 0 Å². The van der Waals surface area contributed by atoms with Crippen molar-refractivity contribution in [2.24, 2.45) is 0 Å². The van der Waals surface area contributed by atoms with Crippen LogP contribution in [-0.4, -0.2) is 49.8 Å². The number of methoxy groups -OCH3 is 1. The van der Waals surface area contributed by atoms with Gasteiger partial charge in [0.2, 0.25) is 0 Å². The molecule has 0 aliphatic carbocycles. The Morgan fingerprint density at radius 2 is 1.88 bits per heavy atom. The first-order chi connectivity index (χ1) is 8.06. The van der Waals surface area contributed by atoms with E-state index in [2.05, 4.69) is 31.0 Å². The summed E-state index contributed by atoms with van der Waals surface area (Å²) >= 11 is 0. The van der Waals surface area contributed by atoms with Gasteiger partial charge in [-0.2, -0.15) is 0 Å². The molecule has 3 nitrogen and oxygen atoms in total. The van der Waals surface area contributed by atoms with Crippen LogP contribution >= 0.6 is 0 Å². The molecule has 1 heterocycles. The molecule has 0 saturated carbocycles. The second-order valence-corrected chi connectivity index (χ2v) is 5.74. The minimum Gasteiger partial charge on any atom is -0.377 e. The molecule has 1 atom stereocenters. The van der Waals surface area contributed by atoms with E-state index in [1.165, 1.54) is 45.3 Å². The number of likely N-dealkylation sites (tertiary alicyclic amines) is 1. The summed E-state index contributed by atoms with van der Waals surface area (Å²) in [6, 6.07) is 0.397. The molecule has 3 heteroatoms. The summed E-state index contributed by atoms with van der Waals surface area (Å²) in [6.07, 6.45) is 5.44.